The molecule has 3 aromatic rings. The number of benzene rings is 2. The molecule has 6 heteroatoms. The Hall–Kier alpha value is -2.83. The van der Waals surface area contributed by atoms with E-state index in [0.717, 1.165) is 29.0 Å². The zero-order valence-corrected chi connectivity index (χ0v) is 18.8. The monoisotopic (exact) mass is 436 g/mol. The van der Waals surface area contributed by atoms with Gasteiger partial charge in [-0.25, -0.2) is 0 Å². The Labute approximate surface area is 187 Å². The van der Waals surface area contributed by atoms with Gasteiger partial charge in [-0.15, -0.1) is 11.3 Å². The van der Waals surface area contributed by atoms with E-state index in [1.165, 1.54) is 10.4 Å². The van der Waals surface area contributed by atoms with Crippen LogP contribution in [-0.4, -0.2) is 37.7 Å². The fraction of sp³-hybridized carbons (Fsp3) is 0.320. The smallest absolute Gasteiger partial charge is 0.249 e. The van der Waals surface area contributed by atoms with Crippen molar-refractivity contribution in [3.05, 3.63) is 81.5 Å². The van der Waals surface area contributed by atoms with Gasteiger partial charge in [-0.2, -0.15) is 0 Å². The highest BCUT2D eigenvalue weighted by molar-refractivity contribution is 7.10. The van der Waals surface area contributed by atoms with Crippen molar-refractivity contribution in [1.29, 1.82) is 0 Å². The molecule has 1 amide bonds. The molecule has 2 aromatic carbocycles. The molecule has 0 unspecified atom stereocenters. The maximum absolute atomic E-state index is 12.7. The molecular formula is C25H28N2O3S. The second-order valence-electron chi connectivity index (χ2n) is 7.49. The normalized spacial score (nSPS) is 15.4. The van der Waals surface area contributed by atoms with Crippen LogP contribution >= 0.6 is 11.3 Å². The van der Waals surface area contributed by atoms with Crippen molar-refractivity contribution < 1.29 is 14.3 Å². The Bertz CT molecular complexity index is 1020. The highest BCUT2D eigenvalue weighted by Gasteiger charge is 2.32. The number of hydrogen-bond donors (Lipinski definition) is 1. The van der Waals surface area contributed by atoms with Crippen molar-refractivity contribution in [2.24, 2.45) is 0 Å². The highest BCUT2D eigenvalue weighted by Crippen LogP contribution is 2.38. The number of methoxy groups -OCH3 is 1. The summed E-state index contributed by atoms with van der Waals surface area (Å²) in [5.41, 5.74) is 4.50. The standard InChI is InChI=1S/C25H28N2O3S/c1-3-30-22-7-5-4-6-19(22)16-26-20-10-8-18(9-11-20)25-21-13-15-31-23(21)12-14-27(25)24(28)17-29-2/h4-11,13,15,25-26H,3,12,14,16-17H2,1-2H3/t25-/m1/s1. The highest BCUT2D eigenvalue weighted by atomic mass is 32.1. The minimum atomic E-state index is -0.0645. The molecule has 4 rings (SSSR count). The molecule has 31 heavy (non-hydrogen) atoms. The van der Waals surface area contributed by atoms with Gasteiger partial charge in [-0.05, 0) is 54.1 Å². The number of amides is 1. The van der Waals surface area contributed by atoms with Crippen LogP contribution in [0.3, 0.4) is 0 Å². The number of carbonyl (C=O) groups excluding carboxylic acids is 1. The minimum absolute atomic E-state index is 0.0269. The SMILES string of the molecule is CCOc1ccccc1CNc1ccc([C@@H]2c3ccsc3CCN2C(=O)COC)cc1. The van der Waals surface area contributed by atoms with Crippen LogP contribution in [0.2, 0.25) is 0 Å². The first-order valence-corrected chi connectivity index (χ1v) is 11.5. The van der Waals surface area contributed by atoms with Gasteiger partial charge in [0, 0.05) is 36.3 Å². The van der Waals surface area contributed by atoms with Gasteiger partial charge >= 0.3 is 0 Å². The fourth-order valence-corrected chi connectivity index (χ4v) is 4.98. The molecule has 1 atom stereocenters. The maximum atomic E-state index is 12.7. The summed E-state index contributed by atoms with van der Waals surface area (Å²) >= 11 is 1.77. The van der Waals surface area contributed by atoms with E-state index >= 15 is 0 Å². The molecule has 1 aliphatic rings. The van der Waals surface area contributed by atoms with Crippen LogP contribution in [-0.2, 0) is 22.5 Å². The Balaban J connectivity index is 1.52. The molecule has 0 saturated carbocycles. The number of thiophene rings is 1. The largest absolute Gasteiger partial charge is 0.494 e. The summed E-state index contributed by atoms with van der Waals surface area (Å²) in [5, 5.41) is 5.60. The molecule has 0 radical (unpaired) electrons. The molecular weight excluding hydrogens is 408 g/mol. The van der Waals surface area contributed by atoms with Gasteiger partial charge in [0.25, 0.3) is 0 Å². The number of nitrogens with one attached hydrogen (secondary N) is 1. The molecule has 1 N–H and O–H groups in total. The number of carbonyl (C=O) groups is 1. The van der Waals surface area contributed by atoms with Gasteiger partial charge in [-0.1, -0.05) is 30.3 Å². The number of ether oxygens (including phenoxy) is 2. The number of rotatable bonds is 8. The molecule has 0 fully saturated rings. The lowest BCUT2D eigenvalue weighted by molar-refractivity contribution is -0.137. The Morgan fingerprint density at radius 1 is 1.16 bits per heavy atom. The van der Waals surface area contributed by atoms with Crippen molar-refractivity contribution in [3.8, 4) is 5.75 Å². The zero-order chi connectivity index (χ0) is 21.6. The molecule has 2 heterocycles. The average Bonchev–Trinajstić information content (AvgIpc) is 3.27. The molecule has 5 nitrogen and oxygen atoms in total. The predicted octanol–water partition coefficient (Wildman–Crippen LogP) is 4.88. The van der Waals surface area contributed by atoms with E-state index in [4.69, 9.17) is 9.47 Å². The number of anilines is 1. The van der Waals surface area contributed by atoms with Crippen molar-refractivity contribution in [1.82, 2.24) is 4.90 Å². The number of para-hydroxylation sites is 1. The summed E-state index contributed by atoms with van der Waals surface area (Å²) in [5.74, 6) is 0.938. The Morgan fingerprint density at radius 2 is 1.97 bits per heavy atom. The molecule has 0 aliphatic carbocycles. The summed E-state index contributed by atoms with van der Waals surface area (Å²) in [4.78, 5) is 16.0. The van der Waals surface area contributed by atoms with Gasteiger partial charge in [0.05, 0.1) is 12.6 Å². The second kappa shape index (κ2) is 9.98. The lowest BCUT2D eigenvalue weighted by Gasteiger charge is -2.36. The van der Waals surface area contributed by atoms with E-state index in [1.807, 2.05) is 30.0 Å². The number of fused-ring (bicyclic) bond motifs is 1. The van der Waals surface area contributed by atoms with E-state index in [0.29, 0.717) is 19.7 Å². The van der Waals surface area contributed by atoms with E-state index in [2.05, 4.69) is 47.1 Å². The van der Waals surface area contributed by atoms with Crippen LogP contribution in [0.4, 0.5) is 5.69 Å². The van der Waals surface area contributed by atoms with E-state index in [9.17, 15) is 4.79 Å². The predicted molar refractivity (Wildman–Crippen MR) is 125 cm³/mol. The number of hydrogen-bond acceptors (Lipinski definition) is 5. The van der Waals surface area contributed by atoms with E-state index in [-0.39, 0.29) is 18.6 Å². The minimum Gasteiger partial charge on any atom is -0.494 e. The van der Waals surface area contributed by atoms with Gasteiger partial charge in [0.2, 0.25) is 5.91 Å². The van der Waals surface area contributed by atoms with Gasteiger partial charge in [0.15, 0.2) is 0 Å². The van der Waals surface area contributed by atoms with Gasteiger partial charge in [-0.3, -0.25) is 4.79 Å². The first-order chi connectivity index (χ1) is 15.2. The third-order valence-electron chi connectivity index (χ3n) is 5.54. The average molecular weight is 437 g/mol. The van der Waals surface area contributed by atoms with Crippen molar-refractivity contribution >= 4 is 22.9 Å². The third kappa shape index (κ3) is 4.75. The van der Waals surface area contributed by atoms with Crippen LogP contribution < -0.4 is 10.1 Å². The first-order valence-electron chi connectivity index (χ1n) is 10.6. The zero-order valence-electron chi connectivity index (χ0n) is 18.0. The molecule has 0 spiro atoms. The Kier molecular flexibility index (Phi) is 6.89. The molecule has 1 aliphatic heterocycles. The van der Waals surface area contributed by atoms with Crippen LogP contribution in [0, 0.1) is 0 Å². The van der Waals surface area contributed by atoms with Gasteiger partial charge in [0.1, 0.15) is 12.4 Å². The molecule has 162 valence electrons. The number of nitrogens with zero attached hydrogens (tertiary/aromatic N) is 1. The quantitative estimate of drug-likeness (QED) is 0.547. The lowest BCUT2D eigenvalue weighted by Crippen LogP contribution is -2.41. The molecule has 0 bridgehead atoms. The summed E-state index contributed by atoms with van der Waals surface area (Å²) < 4.78 is 10.8. The summed E-state index contributed by atoms with van der Waals surface area (Å²) in [6, 6.07) is 18.6. The topological polar surface area (TPSA) is 50.8 Å². The van der Waals surface area contributed by atoms with Gasteiger partial charge < -0.3 is 19.7 Å². The second-order valence-corrected chi connectivity index (χ2v) is 8.49. The van der Waals surface area contributed by atoms with Crippen molar-refractivity contribution in [3.63, 3.8) is 0 Å². The summed E-state index contributed by atoms with van der Waals surface area (Å²) in [6.07, 6.45) is 0.901. The summed E-state index contributed by atoms with van der Waals surface area (Å²) in [7, 11) is 1.57. The van der Waals surface area contributed by atoms with Crippen molar-refractivity contribution in [2.45, 2.75) is 25.9 Å². The molecule has 1 aromatic heterocycles. The van der Waals surface area contributed by atoms with Crippen LogP contribution in [0.25, 0.3) is 0 Å². The first kappa shape index (κ1) is 21.4. The maximum Gasteiger partial charge on any atom is 0.249 e. The van der Waals surface area contributed by atoms with E-state index in [1.54, 1.807) is 18.4 Å². The van der Waals surface area contributed by atoms with E-state index < -0.39 is 0 Å². The summed E-state index contributed by atoms with van der Waals surface area (Å²) in [6.45, 7) is 4.15. The Morgan fingerprint density at radius 3 is 2.74 bits per heavy atom. The van der Waals surface area contributed by atoms with Crippen LogP contribution in [0.1, 0.15) is 34.5 Å². The molecule has 0 saturated heterocycles. The fourth-order valence-electron chi connectivity index (χ4n) is 4.08. The van der Waals surface area contributed by atoms with Crippen LogP contribution in [0.5, 0.6) is 5.75 Å². The third-order valence-corrected chi connectivity index (χ3v) is 6.53. The van der Waals surface area contributed by atoms with Crippen LogP contribution in [0.15, 0.2) is 60.0 Å². The lowest BCUT2D eigenvalue weighted by atomic mass is 9.93. The van der Waals surface area contributed by atoms with Crippen molar-refractivity contribution in [2.75, 3.05) is 32.2 Å².